The molecular formula is C10H9ClO2. The van der Waals surface area contributed by atoms with Crippen LogP contribution in [0, 0.1) is 6.92 Å². The lowest BCUT2D eigenvalue weighted by Gasteiger charge is -1.98. The van der Waals surface area contributed by atoms with Gasteiger partial charge in [-0.2, -0.15) is 0 Å². The average Bonchev–Trinajstić information content (AvgIpc) is 2.06. The summed E-state index contributed by atoms with van der Waals surface area (Å²) in [7, 11) is 0. The highest BCUT2D eigenvalue weighted by Crippen LogP contribution is 2.18. The zero-order valence-corrected chi connectivity index (χ0v) is 7.88. The summed E-state index contributed by atoms with van der Waals surface area (Å²) in [5, 5.41) is 8.96. The van der Waals surface area contributed by atoms with Gasteiger partial charge in [0.25, 0.3) is 0 Å². The van der Waals surface area contributed by atoms with Gasteiger partial charge in [-0.3, -0.25) is 0 Å². The van der Waals surface area contributed by atoms with Crippen molar-refractivity contribution in [1.29, 1.82) is 0 Å². The lowest BCUT2D eigenvalue weighted by Crippen LogP contribution is -1.86. The van der Waals surface area contributed by atoms with Crippen LogP contribution in [-0.2, 0) is 4.79 Å². The van der Waals surface area contributed by atoms with Crippen molar-refractivity contribution in [3.8, 4) is 0 Å². The molecule has 0 radical (unpaired) electrons. The normalized spacial score (nSPS) is 10.6. The van der Waals surface area contributed by atoms with E-state index in [2.05, 4.69) is 0 Å². The fourth-order valence-corrected chi connectivity index (χ4v) is 1.13. The van der Waals surface area contributed by atoms with Crippen LogP contribution < -0.4 is 0 Å². The van der Waals surface area contributed by atoms with Crippen LogP contribution in [0.2, 0.25) is 5.02 Å². The lowest BCUT2D eigenvalue weighted by molar-refractivity contribution is -0.131. The average molecular weight is 197 g/mol. The molecule has 0 amide bonds. The minimum absolute atomic E-state index is 0.558. The van der Waals surface area contributed by atoms with Gasteiger partial charge in [-0.05, 0) is 24.6 Å². The standard InChI is InChI=1S/C10H9ClO2/c1-7-2-4-9(11)8(6-7)3-5-10(12)13/h2-6H,1H3,(H,12,13)/b5-3+. The van der Waals surface area contributed by atoms with E-state index in [-0.39, 0.29) is 0 Å². The summed E-state index contributed by atoms with van der Waals surface area (Å²) in [5.74, 6) is -0.974. The van der Waals surface area contributed by atoms with Crippen LogP contribution >= 0.6 is 11.6 Å². The van der Waals surface area contributed by atoms with Gasteiger partial charge in [0.1, 0.15) is 0 Å². The van der Waals surface area contributed by atoms with Crippen LogP contribution in [0.15, 0.2) is 24.3 Å². The Kier molecular flexibility index (Phi) is 3.09. The number of benzene rings is 1. The third kappa shape index (κ3) is 2.92. The molecule has 0 atom stereocenters. The van der Waals surface area contributed by atoms with Gasteiger partial charge >= 0.3 is 5.97 Å². The zero-order chi connectivity index (χ0) is 9.84. The monoisotopic (exact) mass is 196 g/mol. The number of hydrogen-bond donors (Lipinski definition) is 1. The Morgan fingerprint density at radius 1 is 1.54 bits per heavy atom. The van der Waals surface area contributed by atoms with Crippen molar-refractivity contribution in [2.75, 3.05) is 0 Å². The Balaban J connectivity index is 3.00. The van der Waals surface area contributed by atoms with Gasteiger partial charge in [0.2, 0.25) is 0 Å². The van der Waals surface area contributed by atoms with E-state index >= 15 is 0 Å². The van der Waals surface area contributed by atoms with Crippen molar-refractivity contribution < 1.29 is 9.90 Å². The molecule has 3 heteroatoms. The maximum atomic E-state index is 10.2. The quantitative estimate of drug-likeness (QED) is 0.739. The van der Waals surface area contributed by atoms with Gasteiger partial charge in [0, 0.05) is 11.1 Å². The molecule has 2 nitrogen and oxygen atoms in total. The highest BCUT2D eigenvalue weighted by molar-refractivity contribution is 6.32. The highest BCUT2D eigenvalue weighted by Gasteiger charge is 1.96. The summed E-state index contributed by atoms with van der Waals surface area (Å²) in [6.45, 7) is 1.93. The second-order valence-electron chi connectivity index (χ2n) is 2.70. The zero-order valence-electron chi connectivity index (χ0n) is 7.12. The highest BCUT2D eigenvalue weighted by atomic mass is 35.5. The van der Waals surface area contributed by atoms with E-state index in [1.54, 1.807) is 6.07 Å². The molecule has 0 unspecified atom stereocenters. The Hall–Kier alpha value is -1.28. The maximum absolute atomic E-state index is 10.2. The van der Waals surface area contributed by atoms with Crippen molar-refractivity contribution in [1.82, 2.24) is 0 Å². The van der Waals surface area contributed by atoms with Crippen molar-refractivity contribution in [2.45, 2.75) is 6.92 Å². The number of carbonyl (C=O) groups is 1. The molecular weight excluding hydrogens is 188 g/mol. The van der Waals surface area contributed by atoms with E-state index in [9.17, 15) is 4.79 Å². The number of rotatable bonds is 2. The predicted octanol–water partition coefficient (Wildman–Crippen LogP) is 2.75. The number of halogens is 1. The van der Waals surface area contributed by atoms with E-state index < -0.39 is 5.97 Å². The molecule has 0 fully saturated rings. The second kappa shape index (κ2) is 4.10. The van der Waals surface area contributed by atoms with Crippen molar-refractivity contribution in [3.05, 3.63) is 40.4 Å². The van der Waals surface area contributed by atoms with E-state index in [4.69, 9.17) is 16.7 Å². The minimum atomic E-state index is -0.974. The topological polar surface area (TPSA) is 37.3 Å². The molecule has 0 bridgehead atoms. The van der Waals surface area contributed by atoms with Gasteiger partial charge in [0.05, 0.1) is 0 Å². The molecule has 1 rings (SSSR count). The molecule has 0 aliphatic heterocycles. The molecule has 13 heavy (non-hydrogen) atoms. The Bertz CT molecular complexity index is 356. The van der Waals surface area contributed by atoms with E-state index in [1.165, 1.54) is 6.08 Å². The molecule has 0 aliphatic carbocycles. The third-order valence-electron chi connectivity index (χ3n) is 1.56. The first kappa shape index (κ1) is 9.81. The van der Waals surface area contributed by atoms with Crippen molar-refractivity contribution >= 4 is 23.6 Å². The lowest BCUT2D eigenvalue weighted by atomic mass is 10.1. The molecule has 0 spiro atoms. The van der Waals surface area contributed by atoms with Crippen LogP contribution in [0.4, 0.5) is 0 Å². The molecule has 1 aromatic carbocycles. The van der Waals surface area contributed by atoms with E-state index in [1.807, 2.05) is 19.1 Å². The Labute approximate surface area is 81.5 Å². The molecule has 1 aromatic rings. The first-order valence-corrected chi connectivity index (χ1v) is 4.14. The van der Waals surface area contributed by atoms with Crippen LogP contribution in [0.25, 0.3) is 6.08 Å². The number of carboxylic acids is 1. The molecule has 1 N–H and O–H groups in total. The Morgan fingerprint density at radius 2 is 2.23 bits per heavy atom. The largest absolute Gasteiger partial charge is 0.478 e. The number of aliphatic carboxylic acids is 1. The fraction of sp³-hybridized carbons (Fsp3) is 0.100. The summed E-state index contributed by atoms with van der Waals surface area (Å²) < 4.78 is 0. The molecule has 0 heterocycles. The molecule has 0 aromatic heterocycles. The second-order valence-corrected chi connectivity index (χ2v) is 3.10. The minimum Gasteiger partial charge on any atom is -0.478 e. The van der Waals surface area contributed by atoms with Gasteiger partial charge in [-0.15, -0.1) is 0 Å². The smallest absolute Gasteiger partial charge is 0.328 e. The van der Waals surface area contributed by atoms with E-state index in [0.717, 1.165) is 17.2 Å². The van der Waals surface area contributed by atoms with Gasteiger partial charge in [-0.1, -0.05) is 29.3 Å². The summed E-state index contributed by atoms with van der Waals surface area (Å²) in [5.41, 5.74) is 1.78. The van der Waals surface area contributed by atoms with Crippen LogP contribution in [-0.4, -0.2) is 11.1 Å². The van der Waals surface area contributed by atoms with Gasteiger partial charge in [-0.25, -0.2) is 4.79 Å². The van der Waals surface area contributed by atoms with Crippen LogP contribution in [0.3, 0.4) is 0 Å². The maximum Gasteiger partial charge on any atom is 0.328 e. The van der Waals surface area contributed by atoms with Gasteiger partial charge in [0.15, 0.2) is 0 Å². The molecule has 0 saturated heterocycles. The predicted molar refractivity (Wildman–Crippen MR) is 52.9 cm³/mol. The van der Waals surface area contributed by atoms with Crippen molar-refractivity contribution in [2.24, 2.45) is 0 Å². The van der Waals surface area contributed by atoms with Crippen LogP contribution in [0.5, 0.6) is 0 Å². The molecule has 0 saturated carbocycles. The first-order chi connectivity index (χ1) is 6.09. The number of hydrogen-bond acceptors (Lipinski definition) is 1. The summed E-state index contributed by atoms with van der Waals surface area (Å²) in [6.07, 6.45) is 2.55. The van der Waals surface area contributed by atoms with Crippen molar-refractivity contribution in [3.63, 3.8) is 0 Å². The number of aryl methyl sites for hydroxylation is 1. The Morgan fingerprint density at radius 3 is 2.85 bits per heavy atom. The fourth-order valence-electron chi connectivity index (χ4n) is 0.952. The molecule has 0 aliphatic rings. The first-order valence-electron chi connectivity index (χ1n) is 3.77. The molecule has 68 valence electrons. The summed E-state index contributed by atoms with van der Waals surface area (Å²) in [4.78, 5) is 10.2. The van der Waals surface area contributed by atoms with Gasteiger partial charge < -0.3 is 5.11 Å². The third-order valence-corrected chi connectivity index (χ3v) is 1.90. The van der Waals surface area contributed by atoms with Crippen LogP contribution in [0.1, 0.15) is 11.1 Å². The SMILES string of the molecule is Cc1ccc(Cl)c(/C=C/C(=O)O)c1. The van der Waals surface area contributed by atoms with E-state index in [0.29, 0.717) is 5.02 Å². The summed E-state index contributed by atoms with van der Waals surface area (Å²) >= 11 is 5.84. The summed E-state index contributed by atoms with van der Waals surface area (Å²) in [6, 6.07) is 5.46. The number of carboxylic acid groups (broad SMARTS) is 1.